The number of carbonyl (C=O) groups excluding carboxylic acids is 1. The van der Waals surface area contributed by atoms with Crippen molar-refractivity contribution in [1.29, 1.82) is 0 Å². The molecule has 2 rings (SSSR count). The van der Waals surface area contributed by atoms with E-state index in [4.69, 9.17) is 10.5 Å². The quantitative estimate of drug-likeness (QED) is 0.821. The van der Waals surface area contributed by atoms with Crippen LogP contribution in [0.1, 0.15) is 22.8 Å². The molecule has 0 atom stereocenters. The van der Waals surface area contributed by atoms with Gasteiger partial charge in [-0.25, -0.2) is 0 Å². The summed E-state index contributed by atoms with van der Waals surface area (Å²) in [5.41, 5.74) is 8.49. The summed E-state index contributed by atoms with van der Waals surface area (Å²) in [6.07, 6.45) is 0. The topological polar surface area (TPSA) is 64.3 Å². The van der Waals surface area contributed by atoms with Gasteiger partial charge in [-0.05, 0) is 43.7 Å². The third-order valence-electron chi connectivity index (χ3n) is 3.03. The van der Waals surface area contributed by atoms with E-state index in [1.54, 1.807) is 18.2 Å². The maximum Gasteiger partial charge on any atom is 0.259 e. The Morgan fingerprint density at radius 1 is 1.33 bits per heavy atom. The van der Waals surface area contributed by atoms with Crippen molar-refractivity contribution in [3.8, 4) is 5.75 Å². The van der Waals surface area contributed by atoms with E-state index in [1.165, 1.54) is 0 Å². The van der Waals surface area contributed by atoms with Gasteiger partial charge >= 0.3 is 0 Å². The summed E-state index contributed by atoms with van der Waals surface area (Å²) in [5.74, 6) is 0.178. The third kappa shape index (κ3) is 3.55. The Bertz CT molecular complexity index is 671. The average Bonchev–Trinajstić information content (AvgIpc) is 2.45. The fourth-order valence-corrected chi connectivity index (χ4v) is 2.32. The van der Waals surface area contributed by atoms with Crippen molar-refractivity contribution < 1.29 is 9.53 Å². The normalized spacial score (nSPS) is 10.2. The number of hydrogen-bond acceptors (Lipinski definition) is 3. The Morgan fingerprint density at radius 2 is 2.10 bits per heavy atom. The molecule has 4 nitrogen and oxygen atoms in total. The number of anilines is 2. The Hall–Kier alpha value is -2.01. The molecule has 0 fully saturated rings. The fraction of sp³-hybridized carbons (Fsp3) is 0.188. The molecule has 0 heterocycles. The van der Waals surface area contributed by atoms with Crippen molar-refractivity contribution in [3.63, 3.8) is 0 Å². The number of rotatable bonds is 4. The molecule has 2 aromatic carbocycles. The van der Waals surface area contributed by atoms with E-state index in [-0.39, 0.29) is 5.91 Å². The second-order valence-electron chi connectivity index (χ2n) is 4.57. The lowest BCUT2D eigenvalue weighted by Gasteiger charge is -2.14. The van der Waals surface area contributed by atoms with Gasteiger partial charge in [-0.15, -0.1) is 0 Å². The van der Waals surface area contributed by atoms with Crippen LogP contribution in [0.15, 0.2) is 40.9 Å². The second kappa shape index (κ2) is 6.63. The summed E-state index contributed by atoms with van der Waals surface area (Å²) < 4.78 is 6.39. The number of hydrogen-bond donors (Lipinski definition) is 2. The minimum atomic E-state index is -0.244. The van der Waals surface area contributed by atoms with Crippen LogP contribution < -0.4 is 15.8 Å². The first-order chi connectivity index (χ1) is 10.0. The molecule has 0 aliphatic heterocycles. The lowest BCUT2D eigenvalue weighted by molar-refractivity contribution is 0.102. The summed E-state index contributed by atoms with van der Waals surface area (Å²) in [6.45, 7) is 4.24. The lowest BCUT2D eigenvalue weighted by Crippen LogP contribution is -2.15. The van der Waals surface area contributed by atoms with Gasteiger partial charge in [0.15, 0.2) is 5.75 Å². The minimum absolute atomic E-state index is 0.244. The summed E-state index contributed by atoms with van der Waals surface area (Å²) in [7, 11) is 0. The monoisotopic (exact) mass is 348 g/mol. The summed E-state index contributed by atoms with van der Waals surface area (Å²) in [5, 5.41) is 2.89. The number of aryl methyl sites for hydroxylation is 1. The highest BCUT2D eigenvalue weighted by Crippen LogP contribution is 2.28. The Balaban J connectivity index is 2.32. The molecule has 3 N–H and O–H groups in total. The van der Waals surface area contributed by atoms with Crippen LogP contribution in [-0.2, 0) is 0 Å². The highest BCUT2D eigenvalue weighted by molar-refractivity contribution is 9.10. The number of nitrogens with one attached hydrogen (secondary N) is 1. The Kier molecular flexibility index (Phi) is 4.85. The van der Waals surface area contributed by atoms with Gasteiger partial charge in [-0.1, -0.05) is 28.1 Å². The molecule has 2 aromatic rings. The molecule has 1 amide bonds. The van der Waals surface area contributed by atoms with E-state index < -0.39 is 0 Å². The number of para-hydroxylation sites is 1. The molecule has 0 radical (unpaired) electrons. The molecule has 0 unspecified atom stereocenters. The summed E-state index contributed by atoms with van der Waals surface area (Å²) in [6, 6.07) is 10.9. The summed E-state index contributed by atoms with van der Waals surface area (Å²) in [4.78, 5) is 12.5. The predicted molar refractivity (Wildman–Crippen MR) is 88.9 cm³/mol. The van der Waals surface area contributed by atoms with Crippen LogP contribution in [0.25, 0.3) is 0 Å². The maximum absolute atomic E-state index is 12.5. The zero-order chi connectivity index (χ0) is 15.4. The maximum atomic E-state index is 12.5. The van der Waals surface area contributed by atoms with Crippen LogP contribution in [-0.4, -0.2) is 12.5 Å². The number of ether oxygens (including phenoxy) is 1. The van der Waals surface area contributed by atoms with Crippen LogP contribution in [0.3, 0.4) is 0 Å². The number of nitrogens with two attached hydrogens (primary N) is 1. The van der Waals surface area contributed by atoms with Gasteiger partial charge in [0.1, 0.15) is 0 Å². The minimum Gasteiger partial charge on any atom is -0.491 e. The first-order valence-electron chi connectivity index (χ1n) is 6.61. The molecule has 0 aromatic heterocycles. The molecule has 110 valence electrons. The zero-order valence-corrected chi connectivity index (χ0v) is 13.5. The standard InChI is InChI=1S/C16H17BrN2O2/c1-3-21-15-12(5-4-6-13(15)18)16(20)19-14-9-11(17)8-7-10(14)2/h4-9H,3,18H2,1-2H3,(H,19,20). The largest absolute Gasteiger partial charge is 0.491 e. The molecular formula is C16H17BrN2O2. The predicted octanol–water partition coefficient (Wildman–Crippen LogP) is 3.99. The Labute approximate surface area is 132 Å². The smallest absolute Gasteiger partial charge is 0.259 e. The molecule has 21 heavy (non-hydrogen) atoms. The molecule has 0 aliphatic carbocycles. The first-order valence-corrected chi connectivity index (χ1v) is 7.41. The number of amides is 1. The number of nitrogen functional groups attached to an aromatic ring is 1. The van der Waals surface area contributed by atoms with Gasteiger partial charge in [0.05, 0.1) is 17.9 Å². The van der Waals surface area contributed by atoms with Gasteiger partial charge in [-0.2, -0.15) is 0 Å². The van der Waals surface area contributed by atoms with Crippen LogP contribution in [0.5, 0.6) is 5.75 Å². The van der Waals surface area contributed by atoms with Crippen LogP contribution >= 0.6 is 15.9 Å². The van der Waals surface area contributed by atoms with E-state index in [2.05, 4.69) is 21.2 Å². The number of benzene rings is 2. The molecule has 0 bridgehead atoms. The van der Waals surface area contributed by atoms with Crippen molar-refractivity contribution in [2.75, 3.05) is 17.7 Å². The lowest BCUT2D eigenvalue weighted by atomic mass is 10.1. The fourth-order valence-electron chi connectivity index (χ4n) is 1.96. The molecule has 0 aliphatic rings. The molecule has 0 saturated carbocycles. The van der Waals surface area contributed by atoms with Crippen molar-refractivity contribution >= 4 is 33.2 Å². The number of halogens is 1. The highest BCUT2D eigenvalue weighted by atomic mass is 79.9. The van der Waals surface area contributed by atoms with Crippen LogP contribution in [0.2, 0.25) is 0 Å². The zero-order valence-electron chi connectivity index (χ0n) is 11.9. The van der Waals surface area contributed by atoms with E-state index in [0.717, 1.165) is 15.7 Å². The average molecular weight is 349 g/mol. The van der Waals surface area contributed by atoms with Gasteiger partial charge in [-0.3, -0.25) is 4.79 Å². The van der Waals surface area contributed by atoms with Gasteiger partial charge in [0, 0.05) is 10.2 Å². The van der Waals surface area contributed by atoms with Crippen LogP contribution in [0, 0.1) is 6.92 Å². The Morgan fingerprint density at radius 3 is 2.81 bits per heavy atom. The van der Waals surface area contributed by atoms with E-state index >= 15 is 0 Å². The highest BCUT2D eigenvalue weighted by Gasteiger charge is 2.15. The second-order valence-corrected chi connectivity index (χ2v) is 5.49. The number of carbonyl (C=O) groups is 1. The van der Waals surface area contributed by atoms with Gasteiger partial charge in [0.25, 0.3) is 5.91 Å². The first kappa shape index (κ1) is 15.4. The van der Waals surface area contributed by atoms with E-state index in [9.17, 15) is 4.79 Å². The van der Waals surface area contributed by atoms with Crippen LogP contribution in [0.4, 0.5) is 11.4 Å². The molecular weight excluding hydrogens is 332 g/mol. The molecule has 0 spiro atoms. The summed E-state index contributed by atoms with van der Waals surface area (Å²) >= 11 is 3.40. The third-order valence-corrected chi connectivity index (χ3v) is 3.52. The van der Waals surface area contributed by atoms with Gasteiger partial charge < -0.3 is 15.8 Å². The van der Waals surface area contributed by atoms with E-state index in [1.807, 2.05) is 32.0 Å². The van der Waals surface area contributed by atoms with Crippen molar-refractivity contribution in [1.82, 2.24) is 0 Å². The van der Waals surface area contributed by atoms with Crippen molar-refractivity contribution in [2.24, 2.45) is 0 Å². The molecule has 0 saturated heterocycles. The van der Waals surface area contributed by atoms with Gasteiger partial charge in [0.2, 0.25) is 0 Å². The SMILES string of the molecule is CCOc1c(N)cccc1C(=O)Nc1cc(Br)ccc1C. The van der Waals surface area contributed by atoms with Crippen molar-refractivity contribution in [3.05, 3.63) is 52.0 Å². The van der Waals surface area contributed by atoms with E-state index in [0.29, 0.717) is 23.6 Å². The molecule has 5 heteroatoms. The van der Waals surface area contributed by atoms with Crippen molar-refractivity contribution in [2.45, 2.75) is 13.8 Å².